The van der Waals surface area contributed by atoms with Crippen LogP contribution >= 0.6 is 0 Å². The van der Waals surface area contributed by atoms with Gasteiger partial charge in [0.15, 0.2) is 0 Å². The molecule has 2 N–H and O–H groups in total. The molecule has 0 fully saturated rings. The van der Waals surface area contributed by atoms with Gasteiger partial charge in [0, 0.05) is 0 Å². The van der Waals surface area contributed by atoms with E-state index in [1.54, 1.807) is 41.5 Å². The Morgan fingerprint density at radius 3 is 1.20 bits per heavy atom. The average molecular weight is 417 g/mol. The summed E-state index contributed by atoms with van der Waals surface area (Å²) in [5.41, 5.74) is -1.83. The Labute approximate surface area is 146 Å². The van der Waals surface area contributed by atoms with Gasteiger partial charge in [0.2, 0.25) is 0 Å². The van der Waals surface area contributed by atoms with E-state index < -0.39 is 53.2 Å². The third-order valence-corrected chi connectivity index (χ3v) is 9.86. The van der Waals surface area contributed by atoms with Crippen LogP contribution in [0, 0.1) is 0 Å². The summed E-state index contributed by atoms with van der Waals surface area (Å²) in [5.74, 6) is 0. The topological polar surface area (TPSA) is 42.5 Å². The fourth-order valence-corrected chi connectivity index (χ4v) is 9.52. The molecule has 0 unspecified atom stereocenters. The van der Waals surface area contributed by atoms with Crippen LogP contribution in [0.15, 0.2) is 11.0 Å². The molecule has 0 aliphatic carbocycles. The molecule has 0 aromatic rings. The van der Waals surface area contributed by atoms with Crippen LogP contribution in [0.3, 0.4) is 0 Å². The van der Waals surface area contributed by atoms with Crippen LogP contribution in [0.4, 0.5) is 26.3 Å². The molecule has 0 amide bonds. The second-order valence-electron chi connectivity index (χ2n) is 7.90. The summed E-state index contributed by atoms with van der Waals surface area (Å²) >= 11 is -5.85. The van der Waals surface area contributed by atoms with E-state index in [1.165, 1.54) is 0 Å². The molecule has 0 saturated carbocycles. The van der Waals surface area contributed by atoms with Crippen molar-refractivity contribution in [3.63, 3.8) is 0 Å². The minimum absolute atomic E-state index is 0.916. The molecule has 0 saturated heterocycles. The second-order valence-corrected chi connectivity index (χ2v) is 13.8. The molecule has 0 aliphatic heterocycles. The molecule has 25 heavy (non-hydrogen) atoms. The van der Waals surface area contributed by atoms with Crippen molar-refractivity contribution in [3.8, 4) is 0 Å². The van der Waals surface area contributed by atoms with Gasteiger partial charge in [-0.05, 0) is 0 Å². The molecule has 0 atom stereocenters. The number of rotatable bonds is 7. The number of hydrogen-bond donors (Lipinski definition) is 2. The molecule has 151 valence electrons. The summed E-state index contributed by atoms with van der Waals surface area (Å²) in [6, 6.07) is 0. The first-order valence-corrected chi connectivity index (χ1v) is 11.3. The Morgan fingerprint density at radius 2 is 1.04 bits per heavy atom. The number of halogens is 6. The van der Waals surface area contributed by atoms with E-state index >= 15 is 0 Å². The van der Waals surface area contributed by atoms with Crippen molar-refractivity contribution in [1.82, 2.24) is 7.60 Å². The van der Waals surface area contributed by atoms with Gasteiger partial charge in [0.1, 0.15) is 0 Å². The molecule has 0 radical (unpaired) electrons. The van der Waals surface area contributed by atoms with E-state index in [0.717, 1.165) is 4.38 Å². The van der Waals surface area contributed by atoms with Crippen molar-refractivity contribution in [1.29, 1.82) is 0 Å². The van der Waals surface area contributed by atoms with Gasteiger partial charge in [0.25, 0.3) is 0 Å². The minimum atomic E-state index is -5.85. The summed E-state index contributed by atoms with van der Waals surface area (Å²) in [7, 11) is 0. The van der Waals surface area contributed by atoms with Gasteiger partial charge in [0.05, 0.1) is 0 Å². The maximum atomic E-state index is 12.8. The van der Waals surface area contributed by atoms with Crippen molar-refractivity contribution in [3.05, 3.63) is 11.0 Å². The molecular weight excluding hydrogens is 390 g/mol. The first-order chi connectivity index (χ1) is 10.7. The molecule has 0 bridgehead atoms. The molecule has 0 aromatic carbocycles. The van der Waals surface area contributed by atoms with Crippen LogP contribution in [0.2, 0.25) is 0 Å². The fourth-order valence-electron chi connectivity index (χ4n) is 2.31. The zero-order valence-electron chi connectivity index (χ0n) is 15.3. The van der Waals surface area contributed by atoms with E-state index in [0.29, 0.717) is 0 Å². The normalized spacial score (nSPS) is 16.4. The quantitative estimate of drug-likeness (QED) is 0.476. The van der Waals surface area contributed by atoms with Gasteiger partial charge in [-0.1, -0.05) is 0 Å². The van der Waals surface area contributed by atoms with Crippen LogP contribution < -0.4 is 7.60 Å². The Bertz CT molecular complexity index is 428. The van der Waals surface area contributed by atoms with Gasteiger partial charge in [-0.3, -0.25) is 0 Å². The van der Waals surface area contributed by atoms with Crippen molar-refractivity contribution < 1.29 is 49.6 Å². The van der Waals surface area contributed by atoms with E-state index in [4.69, 9.17) is 6.64 Å². The van der Waals surface area contributed by atoms with Crippen LogP contribution in [0.5, 0.6) is 0 Å². The second kappa shape index (κ2) is 7.48. The SMILES string of the molecule is C=[CH][Ti]([NH]C(C)(C)C)([NH]C(C)(C)C)([O]CC(F)(F)F)[O]CC(F)(F)F. The third-order valence-electron chi connectivity index (χ3n) is 2.64. The molecule has 0 rings (SSSR count). The molecule has 0 spiro atoms. The summed E-state index contributed by atoms with van der Waals surface area (Å²) in [6.07, 6.45) is -9.51. The Kier molecular flexibility index (Phi) is 7.44. The van der Waals surface area contributed by atoms with Crippen molar-refractivity contribution >= 4 is 0 Å². The van der Waals surface area contributed by atoms with Gasteiger partial charge in [-0.15, -0.1) is 0 Å². The zero-order valence-corrected chi connectivity index (χ0v) is 16.8. The monoisotopic (exact) mass is 417 g/mol. The maximum absolute atomic E-state index is 12.8. The predicted molar refractivity (Wildman–Crippen MR) is 80.0 cm³/mol. The van der Waals surface area contributed by atoms with Crippen molar-refractivity contribution in [2.45, 2.75) is 65.0 Å². The first-order valence-electron chi connectivity index (χ1n) is 7.52. The van der Waals surface area contributed by atoms with Gasteiger partial charge in [-0.2, -0.15) is 0 Å². The number of alkyl halides is 6. The predicted octanol–water partition coefficient (Wildman–Crippen LogP) is 4.41. The Balaban J connectivity index is 6.20. The average Bonchev–Trinajstić information content (AvgIpc) is 2.29. The van der Waals surface area contributed by atoms with E-state index in [2.05, 4.69) is 14.2 Å². The standard InChI is InChI=1S/2C4H10N.2C2H2F3O.C2H3.Ti/c2*1-4(2,3)5;2*3-2(4,5)1-6;1-2;/h2*5H,1-3H3;2*1H2;1H,2H2;/q4*-1;;+4. The summed E-state index contributed by atoms with van der Waals surface area (Å²) in [4.78, 5) is 0. The van der Waals surface area contributed by atoms with Crippen LogP contribution in [0.1, 0.15) is 41.5 Å². The van der Waals surface area contributed by atoms with Crippen LogP contribution in [0.25, 0.3) is 0 Å². The number of nitrogens with one attached hydrogen (secondary N) is 2. The van der Waals surface area contributed by atoms with Gasteiger partial charge < -0.3 is 0 Å². The molecule has 0 aromatic heterocycles. The fraction of sp³-hybridized carbons (Fsp3) is 0.857. The van der Waals surface area contributed by atoms with Crippen LogP contribution in [-0.2, 0) is 23.2 Å². The molecule has 0 heterocycles. The Hall–Kier alpha value is -0.126. The number of hydrogen-bond acceptors (Lipinski definition) is 4. The molecule has 4 nitrogen and oxygen atoms in total. The van der Waals surface area contributed by atoms with E-state index in [1.807, 2.05) is 0 Å². The summed E-state index contributed by atoms with van der Waals surface area (Å²) < 4.78 is 93.2. The Morgan fingerprint density at radius 1 is 0.760 bits per heavy atom. The van der Waals surface area contributed by atoms with Gasteiger partial charge >= 0.3 is 146 Å². The molecular formula is C14H27F6N2O2Ti. The van der Waals surface area contributed by atoms with Crippen LogP contribution in [-0.4, -0.2) is 36.6 Å². The van der Waals surface area contributed by atoms with E-state index in [9.17, 15) is 26.3 Å². The van der Waals surface area contributed by atoms with E-state index in [-0.39, 0.29) is 0 Å². The van der Waals surface area contributed by atoms with Crippen molar-refractivity contribution in [2.24, 2.45) is 0 Å². The first kappa shape index (κ1) is 24.9. The van der Waals surface area contributed by atoms with Gasteiger partial charge in [-0.25, -0.2) is 0 Å². The third kappa shape index (κ3) is 9.96. The molecule has 11 heteroatoms. The molecule has 0 aliphatic rings. The summed E-state index contributed by atoms with van der Waals surface area (Å²) in [5, 5.41) is 0. The summed E-state index contributed by atoms with van der Waals surface area (Å²) in [6.45, 7) is 9.38. The van der Waals surface area contributed by atoms with Crippen molar-refractivity contribution in [2.75, 3.05) is 13.2 Å². The zero-order chi connectivity index (χ0) is 20.4.